The molecular weight excluding hydrogens is 190 g/mol. The zero-order valence-corrected chi connectivity index (χ0v) is 8.64. The normalized spacial score (nSPS) is 10.5. The summed E-state index contributed by atoms with van der Waals surface area (Å²) in [4.78, 5) is 11.5. The van der Waals surface area contributed by atoms with Crippen LogP contribution >= 0.6 is 0 Å². The van der Waals surface area contributed by atoms with Crippen LogP contribution in [0.3, 0.4) is 0 Å². The van der Waals surface area contributed by atoms with Gasteiger partial charge in [0.2, 0.25) is 0 Å². The van der Waals surface area contributed by atoms with Crippen molar-refractivity contribution in [2.24, 2.45) is 0 Å². The Morgan fingerprint density at radius 1 is 1.40 bits per heavy atom. The Labute approximate surface area is 88.3 Å². The lowest BCUT2D eigenvalue weighted by molar-refractivity contribution is 0.0505. The molecular formula is C12H13NO2. The number of rotatable bonds is 3. The second-order valence-corrected chi connectivity index (χ2v) is 3.39. The van der Waals surface area contributed by atoms with E-state index in [0.29, 0.717) is 12.2 Å². The summed E-state index contributed by atoms with van der Waals surface area (Å²) < 4.78 is 7.01. The lowest BCUT2D eigenvalue weighted by atomic mass is 10.2. The summed E-state index contributed by atoms with van der Waals surface area (Å²) in [6.07, 6.45) is 4.65. The van der Waals surface area contributed by atoms with Crippen LogP contribution in [-0.4, -0.2) is 17.0 Å². The van der Waals surface area contributed by atoms with Crippen molar-refractivity contribution >= 4 is 11.5 Å². The van der Waals surface area contributed by atoms with E-state index >= 15 is 0 Å². The predicted molar refractivity (Wildman–Crippen MR) is 58.0 cm³/mol. The smallest absolute Gasteiger partial charge is 0.338 e. The Morgan fingerprint density at radius 3 is 3.07 bits per heavy atom. The van der Waals surface area contributed by atoms with Crippen LogP contribution < -0.4 is 0 Å². The Bertz CT molecular complexity index is 473. The number of ether oxygens (including phenoxy) is 1. The number of nitrogens with zero attached hydrogens (tertiary/aromatic N) is 1. The molecule has 0 aliphatic carbocycles. The lowest BCUT2D eigenvalue weighted by Gasteiger charge is -2.03. The molecule has 3 nitrogen and oxygen atoms in total. The summed E-state index contributed by atoms with van der Waals surface area (Å²) in [5, 5.41) is 0. The molecule has 2 rings (SSSR count). The Balaban J connectivity index is 2.23. The molecule has 2 heterocycles. The molecule has 2 aromatic heterocycles. The van der Waals surface area contributed by atoms with Crippen molar-refractivity contribution < 1.29 is 9.53 Å². The largest absolute Gasteiger partial charge is 0.462 e. The number of fused-ring (bicyclic) bond motifs is 1. The SMILES string of the molecule is CCCOC(=O)c1ccn2cccc2c1. The highest BCUT2D eigenvalue weighted by Gasteiger charge is 2.06. The van der Waals surface area contributed by atoms with E-state index in [-0.39, 0.29) is 5.97 Å². The molecule has 0 saturated heterocycles. The number of carbonyl (C=O) groups is 1. The van der Waals surface area contributed by atoms with Crippen molar-refractivity contribution in [3.8, 4) is 0 Å². The molecule has 0 spiro atoms. The first kappa shape index (κ1) is 9.77. The molecule has 0 amide bonds. The van der Waals surface area contributed by atoms with Gasteiger partial charge in [-0.2, -0.15) is 0 Å². The molecule has 0 bridgehead atoms. The van der Waals surface area contributed by atoms with Gasteiger partial charge >= 0.3 is 5.97 Å². The number of pyridine rings is 1. The molecule has 2 aromatic rings. The van der Waals surface area contributed by atoms with Gasteiger partial charge < -0.3 is 9.14 Å². The lowest BCUT2D eigenvalue weighted by Crippen LogP contribution is -2.06. The van der Waals surface area contributed by atoms with Gasteiger partial charge in [0, 0.05) is 17.9 Å². The van der Waals surface area contributed by atoms with Crippen LogP contribution in [0.2, 0.25) is 0 Å². The standard InChI is InChI=1S/C12H13NO2/c1-2-8-15-12(14)10-5-7-13-6-3-4-11(13)9-10/h3-7,9H,2,8H2,1H3. The summed E-state index contributed by atoms with van der Waals surface area (Å²) in [6.45, 7) is 2.45. The minimum atomic E-state index is -0.249. The quantitative estimate of drug-likeness (QED) is 0.717. The van der Waals surface area contributed by atoms with Crippen molar-refractivity contribution in [1.82, 2.24) is 4.40 Å². The Kier molecular flexibility index (Phi) is 2.72. The van der Waals surface area contributed by atoms with Gasteiger partial charge in [0.15, 0.2) is 0 Å². The molecule has 0 N–H and O–H groups in total. The van der Waals surface area contributed by atoms with Crippen LogP contribution in [0, 0.1) is 0 Å². The topological polar surface area (TPSA) is 30.7 Å². The maximum Gasteiger partial charge on any atom is 0.338 e. The summed E-state index contributed by atoms with van der Waals surface area (Å²) >= 11 is 0. The van der Waals surface area contributed by atoms with Gasteiger partial charge in [-0.3, -0.25) is 0 Å². The van der Waals surface area contributed by atoms with Gasteiger partial charge in [-0.15, -0.1) is 0 Å². The highest BCUT2D eigenvalue weighted by atomic mass is 16.5. The molecule has 0 radical (unpaired) electrons. The highest BCUT2D eigenvalue weighted by molar-refractivity contribution is 5.90. The molecule has 0 aliphatic rings. The minimum Gasteiger partial charge on any atom is -0.462 e. The van der Waals surface area contributed by atoms with Crippen LogP contribution in [0.15, 0.2) is 36.7 Å². The monoisotopic (exact) mass is 203 g/mol. The molecule has 15 heavy (non-hydrogen) atoms. The van der Waals surface area contributed by atoms with Gasteiger partial charge in [0.25, 0.3) is 0 Å². The fraction of sp³-hybridized carbons (Fsp3) is 0.250. The van der Waals surface area contributed by atoms with Crippen molar-refractivity contribution in [2.45, 2.75) is 13.3 Å². The van der Waals surface area contributed by atoms with E-state index in [9.17, 15) is 4.79 Å². The van der Waals surface area contributed by atoms with Gasteiger partial charge in [-0.25, -0.2) is 4.79 Å². The van der Waals surface area contributed by atoms with Crippen LogP contribution in [-0.2, 0) is 4.74 Å². The van der Waals surface area contributed by atoms with E-state index in [1.165, 1.54) is 0 Å². The van der Waals surface area contributed by atoms with Crippen LogP contribution in [0.1, 0.15) is 23.7 Å². The first-order valence-corrected chi connectivity index (χ1v) is 5.05. The molecule has 0 aliphatic heterocycles. The predicted octanol–water partition coefficient (Wildman–Crippen LogP) is 2.51. The fourth-order valence-electron chi connectivity index (χ4n) is 1.44. The van der Waals surface area contributed by atoms with Crippen molar-refractivity contribution in [2.75, 3.05) is 6.61 Å². The van der Waals surface area contributed by atoms with Crippen molar-refractivity contribution in [3.63, 3.8) is 0 Å². The van der Waals surface area contributed by atoms with E-state index in [1.54, 1.807) is 6.07 Å². The number of carbonyl (C=O) groups excluding carboxylic acids is 1. The summed E-state index contributed by atoms with van der Waals surface area (Å²) in [5.74, 6) is -0.249. The first-order chi connectivity index (χ1) is 7.31. The van der Waals surface area contributed by atoms with Gasteiger partial charge in [-0.1, -0.05) is 6.92 Å². The third-order valence-corrected chi connectivity index (χ3v) is 2.20. The maximum atomic E-state index is 11.5. The van der Waals surface area contributed by atoms with Gasteiger partial charge in [0.05, 0.1) is 12.2 Å². The van der Waals surface area contributed by atoms with Crippen LogP contribution in [0.25, 0.3) is 5.52 Å². The van der Waals surface area contributed by atoms with E-state index in [2.05, 4.69) is 0 Å². The second-order valence-electron chi connectivity index (χ2n) is 3.39. The zero-order chi connectivity index (χ0) is 10.7. The Morgan fingerprint density at radius 2 is 2.27 bits per heavy atom. The average molecular weight is 203 g/mol. The molecule has 0 atom stereocenters. The van der Waals surface area contributed by atoms with E-state index in [4.69, 9.17) is 4.74 Å². The summed E-state index contributed by atoms with van der Waals surface area (Å²) in [7, 11) is 0. The third kappa shape index (κ3) is 2.01. The average Bonchev–Trinajstić information content (AvgIpc) is 2.72. The number of hydrogen-bond donors (Lipinski definition) is 0. The fourth-order valence-corrected chi connectivity index (χ4v) is 1.44. The van der Waals surface area contributed by atoms with Crippen LogP contribution in [0.5, 0.6) is 0 Å². The molecule has 0 unspecified atom stereocenters. The number of aromatic nitrogens is 1. The third-order valence-electron chi connectivity index (χ3n) is 2.20. The molecule has 78 valence electrons. The molecule has 0 saturated carbocycles. The molecule has 0 fully saturated rings. The molecule has 3 heteroatoms. The van der Waals surface area contributed by atoms with Crippen molar-refractivity contribution in [1.29, 1.82) is 0 Å². The highest BCUT2D eigenvalue weighted by Crippen LogP contribution is 2.09. The maximum absolute atomic E-state index is 11.5. The summed E-state index contributed by atoms with van der Waals surface area (Å²) in [5.41, 5.74) is 1.61. The zero-order valence-electron chi connectivity index (χ0n) is 8.64. The number of esters is 1. The van der Waals surface area contributed by atoms with E-state index in [1.807, 2.05) is 41.9 Å². The minimum absolute atomic E-state index is 0.249. The first-order valence-electron chi connectivity index (χ1n) is 5.05. The van der Waals surface area contributed by atoms with Crippen LogP contribution in [0.4, 0.5) is 0 Å². The molecule has 0 aromatic carbocycles. The van der Waals surface area contributed by atoms with E-state index in [0.717, 1.165) is 11.9 Å². The van der Waals surface area contributed by atoms with Gasteiger partial charge in [-0.05, 0) is 30.7 Å². The second kappa shape index (κ2) is 4.17. The summed E-state index contributed by atoms with van der Waals surface area (Å²) in [6, 6.07) is 7.50. The Hall–Kier alpha value is -1.77. The van der Waals surface area contributed by atoms with Crippen molar-refractivity contribution in [3.05, 3.63) is 42.2 Å². The number of hydrogen-bond acceptors (Lipinski definition) is 2. The van der Waals surface area contributed by atoms with Gasteiger partial charge in [0.1, 0.15) is 0 Å². The van der Waals surface area contributed by atoms with E-state index < -0.39 is 0 Å².